The van der Waals surface area contributed by atoms with Crippen LogP contribution in [-0.2, 0) is 10.0 Å². The number of primary sulfonamides is 1. The molecule has 0 aromatic heterocycles. The molecule has 0 radical (unpaired) electrons. The van der Waals surface area contributed by atoms with Gasteiger partial charge in [-0.15, -0.1) is 0 Å². The maximum absolute atomic E-state index is 11.9. The minimum absolute atomic E-state index is 0.0945. The van der Waals surface area contributed by atoms with Gasteiger partial charge in [-0.25, -0.2) is 18.4 Å². The summed E-state index contributed by atoms with van der Waals surface area (Å²) in [5.74, 6) is 0. The van der Waals surface area contributed by atoms with Gasteiger partial charge in [0.2, 0.25) is 10.0 Å². The Morgan fingerprint density at radius 3 is 2.40 bits per heavy atom. The summed E-state index contributed by atoms with van der Waals surface area (Å²) >= 11 is 2.97. The van der Waals surface area contributed by atoms with Gasteiger partial charge in [0.15, 0.2) is 0 Å². The quantitative estimate of drug-likeness (QED) is 0.750. The van der Waals surface area contributed by atoms with Crippen LogP contribution in [0.2, 0.25) is 0 Å². The van der Waals surface area contributed by atoms with E-state index in [0.717, 1.165) is 12.1 Å². The molecule has 0 bridgehead atoms. The third-order valence-electron chi connectivity index (χ3n) is 1.97. The van der Waals surface area contributed by atoms with E-state index >= 15 is 0 Å². The molecule has 0 saturated carbocycles. The van der Waals surface area contributed by atoms with E-state index in [1.165, 1.54) is 6.07 Å². The molecule has 20 heavy (non-hydrogen) atoms. The first-order chi connectivity index (χ1) is 8.99. The van der Waals surface area contributed by atoms with Crippen molar-refractivity contribution in [2.45, 2.75) is 11.1 Å². The summed E-state index contributed by atoms with van der Waals surface area (Å²) < 4.78 is 57.9. The van der Waals surface area contributed by atoms with Crippen LogP contribution in [0.5, 0.6) is 0 Å². The average Bonchev–Trinajstić information content (AvgIpc) is 2.27. The van der Waals surface area contributed by atoms with E-state index < -0.39 is 28.8 Å². The fourth-order valence-corrected chi connectivity index (χ4v) is 2.29. The normalized spacial score (nSPS) is 12.1. The van der Waals surface area contributed by atoms with Crippen LogP contribution >= 0.6 is 15.9 Å². The smallest absolute Gasteiger partial charge is 0.329 e. The summed E-state index contributed by atoms with van der Waals surface area (Å²) in [6.07, 6.45) is -4.52. The lowest BCUT2D eigenvalue weighted by Gasteiger charge is -2.11. The molecule has 6 nitrogen and oxygen atoms in total. The molecule has 0 fully saturated rings. The summed E-state index contributed by atoms with van der Waals surface area (Å²) in [6, 6.07) is 2.34. The van der Waals surface area contributed by atoms with Crippen molar-refractivity contribution in [1.29, 1.82) is 0 Å². The van der Waals surface area contributed by atoms with Gasteiger partial charge >= 0.3 is 12.2 Å². The number of sulfonamides is 1. The Labute approximate surface area is 120 Å². The van der Waals surface area contributed by atoms with E-state index in [2.05, 4.69) is 21.2 Å². The number of urea groups is 1. The van der Waals surface area contributed by atoms with Crippen molar-refractivity contribution in [3.63, 3.8) is 0 Å². The van der Waals surface area contributed by atoms with Crippen LogP contribution < -0.4 is 15.8 Å². The van der Waals surface area contributed by atoms with Crippen LogP contribution in [0.1, 0.15) is 0 Å². The predicted octanol–water partition coefficient (Wildman–Crippen LogP) is 1.78. The number of carbonyl (C=O) groups is 1. The van der Waals surface area contributed by atoms with Crippen molar-refractivity contribution >= 4 is 37.7 Å². The van der Waals surface area contributed by atoms with Crippen molar-refractivity contribution in [1.82, 2.24) is 5.32 Å². The molecule has 1 rings (SSSR count). The fourth-order valence-electron chi connectivity index (χ4n) is 1.12. The number of halogens is 4. The number of hydrogen-bond acceptors (Lipinski definition) is 3. The number of carbonyl (C=O) groups excluding carboxylic acids is 1. The first kappa shape index (κ1) is 16.7. The molecule has 0 spiro atoms. The third-order valence-corrected chi connectivity index (χ3v) is 3.53. The van der Waals surface area contributed by atoms with Crippen molar-refractivity contribution in [3.05, 3.63) is 22.7 Å². The first-order valence-corrected chi connectivity index (χ1v) is 7.27. The molecular formula is C9H9BrF3N3O3S. The highest BCUT2D eigenvalue weighted by Gasteiger charge is 2.27. The highest BCUT2D eigenvalue weighted by molar-refractivity contribution is 9.10. The second-order valence-electron chi connectivity index (χ2n) is 3.61. The number of benzene rings is 1. The van der Waals surface area contributed by atoms with E-state index in [1.54, 1.807) is 5.32 Å². The lowest BCUT2D eigenvalue weighted by molar-refractivity contribution is -0.122. The SMILES string of the molecule is NS(=O)(=O)c1ccc(NC(=O)NCC(F)(F)F)c(Br)c1. The molecule has 112 valence electrons. The predicted molar refractivity (Wildman–Crippen MR) is 68.6 cm³/mol. The Morgan fingerprint density at radius 1 is 1.35 bits per heavy atom. The Morgan fingerprint density at radius 2 is 1.95 bits per heavy atom. The van der Waals surface area contributed by atoms with Crippen molar-refractivity contribution in [2.24, 2.45) is 5.14 Å². The Hall–Kier alpha value is -1.33. The van der Waals surface area contributed by atoms with Crippen LogP contribution in [0.15, 0.2) is 27.6 Å². The first-order valence-electron chi connectivity index (χ1n) is 4.93. The number of nitrogens with two attached hydrogens (primary N) is 1. The molecular weight excluding hydrogens is 367 g/mol. The topological polar surface area (TPSA) is 101 Å². The Bertz CT molecular complexity index is 619. The molecule has 2 amide bonds. The van der Waals surface area contributed by atoms with Gasteiger partial charge in [0.25, 0.3) is 0 Å². The second-order valence-corrected chi connectivity index (χ2v) is 6.03. The molecule has 4 N–H and O–H groups in total. The zero-order valence-corrected chi connectivity index (χ0v) is 12.1. The van der Waals surface area contributed by atoms with Crippen molar-refractivity contribution < 1.29 is 26.4 Å². The average molecular weight is 376 g/mol. The highest BCUT2D eigenvalue weighted by atomic mass is 79.9. The summed E-state index contributed by atoms with van der Waals surface area (Å²) in [4.78, 5) is 11.0. The summed E-state index contributed by atoms with van der Waals surface area (Å²) in [5.41, 5.74) is 0.0945. The molecule has 1 aromatic carbocycles. The largest absolute Gasteiger partial charge is 0.405 e. The van der Waals surface area contributed by atoms with Gasteiger partial charge in [0.1, 0.15) is 6.54 Å². The Kier molecular flexibility index (Phi) is 5.00. The monoisotopic (exact) mass is 375 g/mol. The molecule has 11 heteroatoms. The summed E-state index contributed by atoms with van der Waals surface area (Å²) in [6.45, 7) is -1.48. The van der Waals surface area contributed by atoms with Crippen LogP contribution in [0.25, 0.3) is 0 Å². The molecule has 0 saturated heterocycles. The van der Waals surface area contributed by atoms with Gasteiger partial charge in [-0.1, -0.05) is 0 Å². The zero-order chi connectivity index (χ0) is 15.6. The van der Waals surface area contributed by atoms with Crippen molar-refractivity contribution in [3.8, 4) is 0 Å². The molecule has 0 heterocycles. The molecule has 1 aromatic rings. The maximum Gasteiger partial charge on any atom is 0.405 e. The number of nitrogens with one attached hydrogen (secondary N) is 2. The van der Waals surface area contributed by atoms with Crippen LogP contribution in [0, 0.1) is 0 Å². The van der Waals surface area contributed by atoms with Gasteiger partial charge in [0.05, 0.1) is 10.6 Å². The Balaban J connectivity index is 2.77. The third kappa shape index (κ3) is 5.35. The number of amides is 2. The summed E-state index contributed by atoms with van der Waals surface area (Å²) in [5, 5.41) is 8.63. The zero-order valence-electron chi connectivity index (χ0n) is 9.66. The molecule has 0 unspecified atom stereocenters. The van der Waals surface area contributed by atoms with E-state index in [-0.39, 0.29) is 15.1 Å². The highest BCUT2D eigenvalue weighted by Crippen LogP contribution is 2.25. The molecule has 0 aliphatic carbocycles. The van der Waals surface area contributed by atoms with Gasteiger partial charge < -0.3 is 10.6 Å². The van der Waals surface area contributed by atoms with E-state index in [0.29, 0.717) is 0 Å². The van der Waals surface area contributed by atoms with Crippen LogP contribution in [-0.4, -0.2) is 27.2 Å². The molecule has 0 aliphatic heterocycles. The van der Waals surface area contributed by atoms with Gasteiger partial charge in [0, 0.05) is 4.47 Å². The lowest BCUT2D eigenvalue weighted by Crippen LogP contribution is -2.36. The van der Waals surface area contributed by atoms with E-state index in [1.807, 2.05) is 0 Å². The van der Waals surface area contributed by atoms with Crippen LogP contribution in [0.3, 0.4) is 0 Å². The molecule has 0 atom stereocenters. The minimum Gasteiger partial charge on any atom is -0.329 e. The van der Waals surface area contributed by atoms with Gasteiger partial charge in [-0.05, 0) is 34.1 Å². The number of rotatable bonds is 3. The summed E-state index contributed by atoms with van der Waals surface area (Å²) in [7, 11) is -3.91. The molecule has 0 aliphatic rings. The second kappa shape index (κ2) is 5.97. The lowest BCUT2D eigenvalue weighted by atomic mass is 10.3. The van der Waals surface area contributed by atoms with Crippen molar-refractivity contribution in [2.75, 3.05) is 11.9 Å². The maximum atomic E-state index is 11.9. The van der Waals surface area contributed by atoms with E-state index in [4.69, 9.17) is 5.14 Å². The number of alkyl halides is 3. The van der Waals surface area contributed by atoms with Gasteiger partial charge in [-0.2, -0.15) is 13.2 Å². The standard InChI is InChI=1S/C9H9BrF3N3O3S/c10-6-3-5(20(14,18)19)1-2-7(6)16-8(17)15-4-9(11,12)13/h1-3H,4H2,(H2,14,18,19)(H2,15,16,17). The number of hydrogen-bond donors (Lipinski definition) is 3. The fraction of sp³-hybridized carbons (Fsp3) is 0.222. The van der Waals surface area contributed by atoms with E-state index in [9.17, 15) is 26.4 Å². The number of anilines is 1. The van der Waals surface area contributed by atoms with Gasteiger partial charge in [-0.3, -0.25) is 0 Å². The van der Waals surface area contributed by atoms with Crippen LogP contribution in [0.4, 0.5) is 23.7 Å². The minimum atomic E-state index is -4.52.